The van der Waals surface area contributed by atoms with Crippen molar-refractivity contribution >= 4 is 11.9 Å². The Morgan fingerprint density at radius 3 is 2.44 bits per heavy atom. The maximum atomic E-state index is 12.6. The predicted octanol–water partition coefficient (Wildman–Crippen LogP) is 2.84. The molecule has 0 bridgehead atoms. The minimum absolute atomic E-state index is 0.273. The summed E-state index contributed by atoms with van der Waals surface area (Å²) < 4.78 is 43.5. The van der Waals surface area contributed by atoms with Gasteiger partial charge in [0.15, 0.2) is 0 Å². The molecule has 1 aromatic rings. The number of amides is 1. The number of nitrogens with zero attached hydrogens (tertiary/aromatic N) is 4. The fraction of sp³-hybridized carbons (Fsp3) is 0.667. The molecule has 0 radical (unpaired) electrons. The number of carbonyl (C=O) groups excluding carboxylic acids is 1. The smallest absolute Gasteiger partial charge is 0.417 e. The fourth-order valence-electron chi connectivity index (χ4n) is 3.41. The van der Waals surface area contributed by atoms with Crippen LogP contribution in [0.25, 0.3) is 0 Å². The van der Waals surface area contributed by atoms with Gasteiger partial charge in [-0.05, 0) is 26.0 Å². The van der Waals surface area contributed by atoms with Gasteiger partial charge in [-0.3, -0.25) is 4.90 Å². The van der Waals surface area contributed by atoms with Crippen molar-refractivity contribution in [1.82, 2.24) is 14.8 Å². The highest BCUT2D eigenvalue weighted by atomic mass is 19.4. The topological polar surface area (TPSA) is 48.9 Å². The highest BCUT2D eigenvalue weighted by Crippen LogP contribution is 2.30. The van der Waals surface area contributed by atoms with E-state index in [0.717, 1.165) is 25.4 Å². The van der Waals surface area contributed by atoms with E-state index in [1.54, 1.807) is 4.90 Å². The maximum Gasteiger partial charge on any atom is 0.417 e. The Bertz CT molecular complexity index is 643. The molecule has 2 fully saturated rings. The lowest BCUT2D eigenvalue weighted by Gasteiger charge is -2.36. The average Bonchev–Trinajstić information content (AvgIpc) is 3.09. The number of hydrogen-bond acceptors (Lipinski definition) is 5. The van der Waals surface area contributed by atoms with E-state index >= 15 is 0 Å². The molecular weight excluding hydrogens is 361 g/mol. The SMILES string of the molecule is CC(C)N1CCN(C(=O)O[C@@H]2CCN(c3ccc(C(F)(F)F)cn3)C2)CC1. The molecule has 0 saturated carbocycles. The zero-order valence-corrected chi connectivity index (χ0v) is 15.6. The Morgan fingerprint density at radius 2 is 1.89 bits per heavy atom. The minimum atomic E-state index is -4.39. The highest BCUT2D eigenvalue weighted by molar-refractivity contribution is 5.68. The number of anilines is 1. The van der Waals surface area contributed by atoms with E-state index < -0.39 is 11.7 Å². The van der Waals surface area contributed by atoms with Gasteiger partial charge in [0.1, 0.15) is 11.9 Å². The summed E-state index contributed by atoms with van der Waals surface area (Å²) in [7, 11) is 0. The summed E-state index contributed by atoms with van der Waals surface area (Å²) in [5.74, 6) is 0.465. The summed E-state index contributed by atoms with van der Waals surface area (Å²) in [4.78, 5) is 22.1. The van der Waals surface area contributed by atoms with Crippen molar-refractivity contribution in [3.05, 3.63) is 23.9 Å². The Kier molecular flexibility index (Phi) is 5.78. The van der Waals surface area contributed by atoms with Gasteiger partial charge in [0.05, 0.1) is 12.1 Å². The van der Waals surface area contributed by atoms with Gasteiger partial charge in [-0.25, -0.2) is 9.78 Å². The van der Waals surface area contributed by atoms with Crippen LogP contribution in [-0.2, 0) is 10.9 Å². The third-order valence-electron chi connectivity index (χ3n) is 5.11. The third-order valence-corrected chi connectivity index (χ3v) is 5.11. The first-order valence-corrected chi connectivity index (χ1v) is 9.22. The normalized spacial score (nSPS) is 21.8. The van der Waals surface area contributed by atoms with Crippen molar-refractivity contribution < 1.29 is 22.7 Å². The second-order valence-corrected chi connectivity index (χ2v) is 7.26. The molecule has 2 aliphatic heterocycles. The molecule has 2 saturated heterocycles. The van der Waals surface area contributed by atoms with E-state index in [0.29, 0.717) is 44.5 Å². The Labute approximate surface area is 156 Å². The van der Waals surface area contributed by atoms with Crippen LogP contribution < -0.4 is 4.90 Å². The van der Waals surface area contributed by atoms with Crippen LogP contribution in [0.5, 0.6) is 0 Å². The lowest BCUT2D eigenvalue weighted by atomic mass is 10.2. The van der Waals surface area contributed by atoms with Crippen molar-refractivity contribution in [2.45, 2.75) is 38.6 Å². The third kappa shape index (κ3) is 4.82. The van der Waals surface area contributed by atoms with Crippen molar-refractivity contribution in [2.75, 3.05) is 44.2 Å². The number of hydrogen-bond donors (Lipinski definition) is 0. The molecule has 3 rings (SSSR count). The molecular formula is C18H25F3N4O2. The Hall–Kier alpha value is -2.03. The first-order valence-electron chi connectivity index (χ1n) is 9.22. The van der Waals surface area contributed by atoms with Gasteiger partial charge in [0.25, 0.3) is 0 Å². The Morgan fingerprint density at radius 1 is 1.19 bits per heavy atom. The highest BCUT2D eigenvalue weighted by Gasteiger charge is 2.32. The zero-order chi connectivity index (χ0) is 19.6. The molecule has 9 heteroatoms. The molecule has 1 aromatic heterocycles. The van der Waals surface area contributed by atoms with E-state index in [9.17, 15) is 18.0 Å². The predicted molar refractivity (Wildman–Crippen MR) is 94.6 cm³/mol. The molecule has 27 heavy (non-hydrogen) atoms. The van der Waals surface area contributed by atoms with Gasteiger partial charge < -0.3 is 14.5 Å². The molecule has 2 aliphatic rings. The molecule has 6 nitrogen and oxygen atoms in total. The van der Waals surface area contributed by atoms with Crippen LogP contribution >= 0.6 is 0 Å². The van der Waals surface area contributed by atoms with E-state index in [1.807, 2.05) is 4.90 Å². The Balaban J connectivity index is 1.49. The number of pyridine rings is 1. The molecule has 0 aromatic carbocycles. The van der Waals surface area contributed by atoms with Crippen molar-refractivity contribution in [3.8, 4) is 0 Å². The van der Waals surface area contributed by atoms with Crippen molar-refractivity contribution in [3.63, 3.8) is 0 Å². The van der Waals surface area contributed by atoms with E-state index in [1.165, 1.54) is 6.07 Å². The molecule has 0 aliphatic carbocycles. The average molecular weight is 386 g/mol. The number of halogens is 3. The lowest BCUT2D eigenvalue weighted by molar-refractivity contribution is -0.137. The molecule has 0 N–H and O–H groups in total. The monoisotopic (exact) mass is 386 g/mol. The van der Waals surface area contributed by atoms with E-state index in [-0.39, 0.29) is 12.2 Å². The van der Waals surface area contributed by atoms with Gasteiger partial charge in [0, 0.05) is 51.4 Å². The zero-order valence-electron chi connectivity index (χ0n) is 15.6. The summed E-state index contributed by atoms with van der Waals surface area (Å²) in [6.07, 6.45) is -3.51. The molecule has 0 unspecified atom stereocenters. The van der Waals surface area contributed by atoms with Crippen LogP contribution in [0.4, 0.5) is 23.8 Å². The van der Waals surface area contributed by atoms with E-state index in [2.05, 4.69) is 23.7 Å². The largest absolute Gasteiger partial charge is 0.444 e. The van der Waals surface area contributed by atoms with Crippen LogP contribution in [0.15, 0.2) is 18.3 Å². The van der Waals surface area contributed by atoms with E-state index in [4.69, 9.17) is 4.74 Å². The lowest BCUT2D eigenvalue weighted by Crippen LogP contribution is -2.51. The first kappa shape index (κ1) is 19.7. The molecule has 1 amide bonds. The summed E-state index contributed by atoms with van der Waals surface area (Å²) >= 11 is 0. The second-order valence-electron chi connectivity index (χ2n) is 7.26. The standard InChI is InChI=1S/C18H25F3N4O2/c1-13(2)23-7-9-24(10-8-23)17(26)27-15-5-6-25(12-15)16-4-3-14(11-22-16)18(19,20)21/h3-4,11,13,15H,5-10,12H2,1-2H3/t15-/m1/s1. The maximum absolute atomic E-state index is 12.6. The molecule has 3 heterocycles. The number of piperazine rings is 1. The fourth-order valence-corrected chi connectivity index (χ4v) is 3.41. The van der Waals surface area contributed by atoms with Gasteiger partial charge in [-0.1, -0.05) is 0 Å². The number of rotatable bonds is 3. The summed E-state index contributed by atoms with van der Waals surface area (Å²) in [6.45, 7) is 8.26. The quantitative estimate of drug-likeness (QED) is 0.800. The van der Waals surface area contributed by atoms with Crippen LogP contribution in [0.3, 0.4) is 0 Å². The second kappa shape index (κ2) is 7.92. The minimum Gasteiger partial charge on any atom is -0.444 e. The molecule has 0 spiro atoms. The van der Waals surface area contributed by atoms with Gasteiger partial charge in [-0.15, -0.1) is 0 Å². The molecule has 1 atom stereocenters. The van der Waals surface area contributed by atoms with Crippen LogP contribution in [0.1, 0.15) is 25.8 Å². The van der Waals surface area contributed by atoms with Crippen LogP contribution in [0, 0.1) is 0 Å². The van der Waals surface area contributed by atoms with Gasteiger partial charge in [0.2, 0.25) is 0 Å². The number of ether oxygens (including phenoxy) is 1. The summed E-state index contributed by atoms with van der Waals surface area (Å²) in [6, 6.07) is 2.84. The van der Waals surface area contributed by atoms with Gasteiger partial charge >= 0.3 is 12.3 Å². The van der Waals surface area contributed by atoms with Crippen LogP contribution in [-0.4, -0.2) is 72.3 Å². The summed E-state index contributed by atoms with van der Waals surface area (Å²) in [5.41, 5.74) is -0.769. The molecule has 150 valence electrons. The van der Waals surface area contributed by atoms with Crippen molar-refractivity contribution in [2.24, 2.45) is 0 Å². The van der Waals surface area contributed by atoms with Gasteiger partial charge in [-0.2, -0.15) is 13.2 Å². The number of aromatic nitrogens is 1. The first-order chi connectivity index (χ1) is 12.7. The van der Waals surface area contributed by atoms with Crippen LogP contribution in [0.2, 0.25) is 0 Å². The number of alkyl halides is 3. The summed E-state index contributed by atoms with van der Waals surface area (Å²) in [5, 5.41) is 0. The van der Waals surface area contributed by atoms with Crippen molar-refractivity contribution in [1.29, 1.82) is 0 Å². The number of carbonyl (C=O) groups is 1.